The zero-order chi connectivity index (χ0) is 11.4. The zero-order valence-corrected chi connectivity index (χ0v) is 9.44. The summed E-state index contributed by atoms with van der Waals surface area (Å²) in [5.74, 6) is 1.68. The Morgan fingerprint density at radius 2 is 2.31 bits per heavy atom. The van der Waals surface area contributed by atoms with Gasteiger partial charge < -0.3 is 15.2 Å². The number of hydrogen-bond acceptors (Lipinski definition) is 4. The van der Waals surface area contributed by atoms with E-state index in [4.69, 9.17) is 0 Å². The van der Waals surface area contributed by atoms with E-state index in [-0.39, 0.29) is 0 Å². The maximum absolute atomic E-state index is 4.46. The standard InChI is InChI=1S/C11H15N5/c1-12-8-10-14-6-4-11(15-10)16(2)9-3-5-13-7-9/h3-7,12-13H,8H2,1-2H3. The van der Waals surface area contributed by atoms with Gasteiger partial charge in [0.1, 0.15) is 11.6 Å². The molecule has 5 heteroatoms. The van der Waals surface area contributed by atoms with Crippen molar-refractivity contribution in [2.24, 2.45) is 0 Å². The highest BCUT2D eigenvalue weighted by Crippen LogP contribution is 2.19. The molecular weight excluding hydrogens is 202 g/mol. The average molecular weight is 217 g/mol. The molecule has 2 heterocycles. The van der Waals surface area contributed by atoms with Gasteiger partial charge in [0.25, 0.3) is 0 Å². The molecule has 84 valence electrons. The largest absolute Gasteiger partial charge is 0.366 e. The minimum absolute atomic E-state index is 0.675. The lowest BCUT2D eigenvalue weighted by molar-refractivity contribution is 0.757. The SMILES string of the molecule is CNCc1nccc(N(C)c2cc[nH]c2)n1. The lowest BCUT2D eigenvalue weighted by atomic mass is 10.4. The van der Waals surface area contributed by atoms with Gasteiger partial charge in [0, 0.05) is 25.6 Å². The highest BCUT2D eigenvalue weighted by atomic mass is 15.2. The highest BCUT2D eigenvalue weighted by Gasteiger charge is 2.06. The lowest BCUT2D eigenvalue weighted by Crippen LogP contribution is -2.14. The maximum Gasteiger partial charge on any atom is 0.144 e. The third kappa shape index (κ3) is 2.20. The van der Waals surface area contributed by atoms with Crippen LogP contribution in [0.3, 0.4) is 0 Å². The number of nitrogens with one attached hydrogen (secondary N) is 2. The molecule has 0 bridgehead atoms. The second kappa shape index (κ2) is 4.76. The van der Waals surface area contributed by atoms with E-state index in [9.17, 15) is 0 Å². The molecule has 0 aliphatic carbocycles. The molecule has 0 unspecified atom stereocenters. The van der Waals surface area contributed by atoms with Gasteiger partial charge in [0.05, 0.1) is 12.2 Å². The van der Waals surface area contributed by atoms with Gasteiger partial charge in [-0.3, -0.25) is 0 Å². The van der Waals surface area contributed by atoms with Crippen molar-refractivity contribution in [3.8, 4) is 0 Å². The molecule has 2 rings (SSSR count). The maximum atomic E-state index is 4.46. The summed E-state index contributed by atoms with van der Waals surface area (Å²) in [6.07, 6.45) is 5.60. The van der Waals surface area contributed by atoms with Crippen LogP contribution >= 0.6 is 0 Å². The molecule has 0 aliphatic rings. The fraction of sp³-hybridized carbons (Fsp3) is 0.273. The van der Waals surface area contributed by atoms with E-state index in [2.05, 4.69) is 20.3 Å². The Bertz CT molecular complexity index is 437. The molecule has 2 aromatic rings. The number of anilines is 2. The quantitative estimate of drug-likeness (QED) is 0.810. The van der Waals surface area contributed by atoms with Crippen LogP contribution in [0.2, 0.25) is 0 Å². The number of nitrogens with zero attached hydrogens (tertiary/aromatic N) is 3. The summed E-state index contributed by atoms with van der Waals surface area (Å²) < 4.78 is 0. The first kappa shape index (κ1) is 10.6. The van der Waals surface area contributed by atoms with Gasteiger partial charge in [-0.25, -0.2) is 9.97 Å². The lowest BCUT2D eigenvalue weighted by Gasteiger charge is -2.16. The van der Waals surface area contributed by atoms with E-state index in [1.807, 2.05) is 43.5 Å². The van der Waals surface area contributed by atoms with Crippen LogP contribution in [0, 0.1) is 0 Å². The normalized spacial score (nSPS) is 10.4. The predicted molar refractivity (Wildman–Crippen MR) is 63.7 cm³/mol. The minimum Gasteiger partial charge on any atom is -0.366 e. The molecule has 2 aromatic heterocycles. The molecule has 0 aliphatic heterocycles. The smallest absolute Gasteiger partial charge is 0.144 e. The molecule has 0 amide bonds. The van der Waals surface area contributed by atoms with Gasteiger partial charge in [-0.1, -0.05) is 0 Å². The Morgan fingerprint density at radius 3 is 3.00 bits per heavy atom. The summed E-state index contributed by atoms with van der Waals surface area (Å²) in [5, 5.41) is 3.04. The minimum atomic E-state index is 0.675. The van der Waals surface area contributed by atoms with Crippen LogP contribution in [-0.4, -0.2) is 29.0 Å². The Morgan fingerprint density at radius 1 is 1.44 bits per heavy atom. The third-order valence-corrected chi connectivity index (χ3v) is 2.34. The van der Waals surface area contributed by atoms with Crippen molar-refractivity contribution in [3.05, 3.63) is 36.5 Å². The highest BCUT2D eigenvalue weighted by molar-refractivity contribution is 5.57. The number of H-pyrrole nitrogens is 1. The number of hydrogen-bond donors (Lipinski definition) is 2. The Labute approximate surface area is 94.5 Å². The van der Waals surface area contributed by atoms with Gasteiger partial charge >= 0.3 is 0 Å². The van der Waals surface area contributed by atoms with Gasteiger partial charge in [0.15, 0.2) is 0 Å². The summed E-state index contributed by atoms with van der Waals surface area (Å²) in [7, 11) is 3.86. The van der Waals surface area contributed by atoms with Crippen LogP contribution in [0.5, 0.6) is 0 Å². The first-order valence-corrected chi connectivity index (χ1v) is 5.14. The van der Waals surface area contributed by atoms with Crippen LogP contribution in [0.1, 0.15) is 5.82 Å². The number of aromatic nitrogens is 3. The summed E-state index contributed by atoms with van der Waals surface area (Å²) in [5.41, 5.74) is 1.08. The molecular formula is C11H15N5. The molecule has 0 spiro atoms. The van der Waals surface area contributed by atoms with Crippen LogP contribution < -0.4 is 10.2 Å². The molecule has 2 N–H and O–H groups in total. The molecule has 0 saturated carbocycles. The molecule has 0 saturated heterocycles. The van der Waals surface area contributed by atoms with Gasteiger partial charge in [0.2, 0.25) is 0 Å². The monoisotopic (exact) mass is 217 g/mol. The molecule has 0 radical (unpaired) electrons. The van der Waals surface area contributed by atoms with Crippen LogP contribution in [0.25, 0.3) is 0 Å². The molecule has 0 atom stereocenters. The third-order valence-electron chi connectivity index (χ3n) is 2.34. The van der Waals surface area contributed by atoms with Crippen molar-refractivity contribution >= 4 is 11.5 Å². The summed E-state index contributed by atoms with van der Waals surface area (Å²) in [6, 6.07) is 3.89. The Hall–Kier alpha value is -1.88. The van der Waals surface area contributed by atoms with Gasteiger partial charge in [-0.2, -0.15) is 0 Å². The molecule has 0 aromatic carbocycles. The molecule has 0 fully saturated rings. The second-order valence-corrected chi connectivity index (χ2v) is 3.49. The van der Waals surface area contributed by atoms with E-state index < -0.39 is 0 Å². The van der Waals surface area contributed by atoms with Crippen molar-refractivity contribution in [2.45, 2.75) is 6.54 Å². The number of aromatic amines is 1. The summed E-state index contributed by atoms with van der Waals surface area (Å²) in [6.45, 7) is 0.675. The van der Waals surface area contributed by atoms with Gasteiger partial charge in [-0.15, -0.1) is 0 Å². The molecule has 5 nitrogen and oxygen atoms in total. The van der Waals surface area contributed by atoms with Crippen LogP contribution in [0.15, 0.2) is 30.7 Å². The van der Waals surface area contributed by atoms with E-state index >= 15 is 0 Å². The fourth-order valence-electron chi connectivity index (χ4n) is 1.47. The van der Waals surface area contributed by atoms with Crippen molar-refractivity contribution in [1.29, 1.82) is 0 Å². The van der Waals surface area contributed by atoms with Gasteiger partial charge in [-0.05, 0) is 19.2 Å². The van der Waals surface area contributed by atoms with Crippen molar-refractivity contribution in [2.75, 3.05) is 19.0 Å². The summed E-state index contributed by atoms with van der Waals surface area (Å²) in [4.78, 5) is 13.7. The van der Waals surface area contributed by atoms with Crippen molar-refractivity contribution in [3.63, 3.8) is 0 Å². The first-order valence-electron chi connectivity index (χ1n) is 5.14. The average Bonchev–Trinajstić information content (AvgIpc) is 2.82. The second-order valence-electron chi connectivity index (χ2n) is 3.49. The topological polar surface area (TPSA) is 56.8 Å². The van der Waals surface area contributed by atoms with E-state index in [1.165, 1.54) is 0 Å². The fourth-order valence-corrected chi connectivity index (χ4v) is 1.47. The number of rotatable bonds is 4. The first-order chi connectivity index (χ1) is 7.81. The predicted octanol–water partition coefficient (Wildman–Crippen LogP) is 1.29. The van der Waals surface area contributed by atoms with E-state index in [0.717, 1.165) is 17.3 Å². The van der Waals surface area contributed by atoms with Crippen LogP contribution in [0.4, 0.5) is 11.5 Å². The Kier molecular flexibility index (Phi) is 3.16. The van der Waals surface area contributed by atoms with Crippen molar-refractivity contribution < 1.29 is 0 Å². The van der Waals surface area contributed by atoms with Crippen LogP contribution in [-0.2, 0) is 6.54 Å². The van der Waals surface area contributed by atoms with E-state index in [0.29, 0.717) is 6.54 Å². The molecule has 16 heavy (non-hydrogen) atoms. The zero-order valence-electron chi connectivity index (χ0n) is 9.44. The van der Waals surface area contributed by atoms with E-state index in [1.54, 1.807) is 6.20 Å². The Balaban J connectivity index is 2.23. The summed E-state index contributed by atoms with van der Waals surface area (Å²) >= 11 is 0. The van der Waals surface area contributed by atoms with Crippen molar-refractivity contribution in [1.82, 2.24) is 20.3 Å².